The summed E-state index contributed by atoms with van der Waals surface area (Å²) in [5.41, 5.74) is 1.96. The Morgan fingerprint density at radius 2 is 1.84 bits per heavy atom. The van der Waals surface area contributed by atoms with Crippen LogP contribution >= 0.6 is 11.6 Å². The highest BCUT2D eigenvalue weighted by Crippen LogP contribution is 2.26. The maximum Gasteiger partial charge on any atom is 0.243 e. The second-order valence-electron chi connectivity index (χ2n) is 7.49. The Morgan fingerprint density at radius 1 is 1.13 bits per heavy atom. The van der Waals surface area contributed by atoms with Gasteiger partial charge in [-0.05, 0) is 73.1 Å². The van der Waals surface area contributed by atoms with E-state index in [4.69, 9.17) is 16.3 Å². The first kappa shape index (κ1) is 21.3. The van der Waals surface area contributed by atoms with E-state index in [1.54, 1.807) is 19.2 Å². The summed E-state index contributed by atoms with van der Waals surface area (Å²) in [5.74, 6) is 1.12. The van der Waals surface area contributed by atoms with Gasteiger partial charge >= 0.3 is 0 Å². The molecule has 2 heterocycles. The average molecular weight is 441 g/mol. The Bertz CT molecular complexity index is 1000. The monoisotopic (exact) mass is 440 g/mol. The van der Waals surface area contributed by atoms with Crippen molar-refractivity contribution in [1.82, 2.24) is 30.4 Å². The van der Waals surface area contributed by atoms with Crippen LogP contribution in [-0.2, 0) is 11.3 Å². The lowest BCUT2D eigenvalue weighted by atomic mass is 10.1. The molecular formula is C22H25ClN6O2. The zero-order chi connectivity index (χ0) is 21.6. The lowest BCUT2D eigenvalue weighted by Crippen LogP contribution is -2.38. The smallest absolute Gasteiger partial charge is 0.243 e. The minimum absolute atomic E-state index is 0.00984. The Morgan fingerprint density at radius 3 is 2.52 bits per heavy atom. The molecule has 1 unspecified atom stereocenters. The van der Waals surface area contributed by atoms with Crippen LogP contribution in [0.3, 0.4) is 0 Å². The summed E-state index contributed by atoms with van der Waals surface area (Å²) in [7, 11) is 1.66. The highest BCUT2D eigenvalue weighted by molar-refractivity contribution is 6.30. The van der Waals surface area contributed by atoms with Crippen LogP contribution in [0.5, 0.6) is 5.75 Å². The number of hydrogen-bond acceptors (Lipinski definition) is 6. The molecule has 31 heavy (non-hydrogen) atoms. The van der Waals surface area contributed by atoms with Crippen molar-refractivity contribution < 1.29 is 9.53 Å². The Hall–Kier alpha value is -2.97. The van der Waals surface area contributed by atoms with Crippen LogP contribution in [-0.4, -0.2) is 57.8 Å². The van der Waals surface area contributed by atoms with Gasteiger partial charge in [-0.25, -0.2) is 0 Å². The summed E-state index contributed by atoms with van der Waals surface area (Å²) in [6.07, 6.45) is 2.36. The Labute approximate surface area is 186 Å². The first-order chi connectivity index (χ1) is 15.1. The molecule has 0 bridgehead atoms. The number of nitrogens with one attached hydrogen (secondary N) is 1. The molecule has 1 amide bonds. The van der Waals surface area contributed by atoms with E-state index in [1.807, 2.05) is 24.3 Å². The van der Waals surface area contributed by atoms with E-state index < -0.39 is 0 Å². The molecule has 0 aliphatic carbocycles. The van der Waals surface area contributed by atoms with Crippen LogP contribution in [0.1, 0.15) is 24.4 Å². The van der Waals surface area contributed by atoms with E-state index in [9.17, 15) is 4.79 Å². The van der Waals surface area contributed by atoms with Crippen molar-refractivity contribution in [3.63, 3.8) is 0 Å². The third kappa shape index (κ3) is 5.39. The van der Waals surface area contributed by atoms with E-state index in [2.05, 4.69) is 37.8 Å². The van der Waals surface area contributed by atoms with E-state index in [-0.39, 0.29) is 18.5 Å². The molecule has 0 spiro atoms. The predicted octanol–water partition coefficient (Wildman–Crippen LogP) is 2.96. The predicted molar refractivity (Wildman–Crippen MR) is 118 cm³/mol. The van der Waals surface area contributed by atoms with Crippen molar-refractivity contribution in [1.29, 1.82) is 0 Å². The Kier molecular flexibility index (Phi) is 6.79. The zero-order valence-electron chi connectivity index (χ0n) is 17.4. The van der Waals surface area contributed by atoms with Crippen molar-refractivity contribution in [2.24, 2.45) is 0 Å². The van der Waals surface area contributed by atoms with Crippen molar-refractivity contribution in [2.45, 2.75) is 25.4 Å². The number of aromatic nitrogens is 4. The molecule has 9 heteroatoms. The number of amides is 1. The molecule has 1 aromatic heterocycles. The summed E-state index contributed by atoms with van der Waals surface area (Å²) in [6, 6.07) is 15.3. The molecule has 1 N–H and O–H groups in total. The lowest BCUT2D eigenvalue weighted by Gasteiger charge is -2.28. The molecule has 0 radical (unpaired) electrons. The standard InChI is InChI=1S/C22H25ClN6O2/c1-31-19-10-6-16(7-11-19)20(28-12-2-3-13-28)14-24-21(30)15-29-26-22(25-27-29)17-4-8-18(23)9-5-17/h4-11,20H,2-3,12-15H2,1H3,(H,24,30). The van der Waals surface area contributed by atoms with E-state index in [1.165, 1.54) is 17.6 Å². The highest BCUT2D eigenvalue weighted by atomic mass is 35.5. The number of methoxy groups -OCH3 is 1. The number of hydrogen-bond donors (Lipinski definition) is 1. The van der Waals surface area contributed by atoms with Gasteiger partial charge in [-0.3, -0.25) is 9.69 Å². The average Bonchev–Trinajstić information content (AvgIpc) is 3.48. The quantitative estimate of drug-likeness (QED) is 0.579. The molecule has 1 fully saturated rings. The van der Waals surface area contributed by atoms with Crippen molar-refractivity contribution in [2.75, 3.05) is 26.7 Å². The van der Waals surface area contributed by atoms with Crippen molar-refractivity contribution in [3.8, 4) is 17.1 Å². The minimum Gasteiger partial charge on any atom is -0.497 e. The van der Waals surface area contributed by atoms with Gasteiger partial charge in [0.1, 0.15) is 12.3 Å². The molecule has 3 aromatic rings. The van der Waals surface area contributed by atoms with Gasteiger partial charge in [-0.1, -0.05) is 23.7 Å². The fourth-order valence-corrected chi connectivity index (χ4v) is 3.88. The summed E-state index contributed by atoms with van der Waals surface area (Å²) in [4.78, 5) is 16.3. The molecule has 8 nitrogen and oxygen atoms in total. The Balaban J connectivity index is 1.38. The number of rotatable bonds is 8. The van der Waals surface area contributed by atoms with Crippen molar-refractivity contribution in [3.05, 3.63) is 59.1 Å². The first-order valence-electron chi connectivity index (χ1n) is 10.3. The molecule has 162 valence electrons. The normalized spacial score (nSPS) is 15.0. The molecule has 1 atom stereocenters. The van der Waals surface area contributed by atoms with Gasteiger partial charge in [0, 0.05) is 17.1 Å². The van der Waals surface area contributed by atoms with Crippen LogP contribution in [0.4, 0.5) is 0 Å². The van der Waals surface area contributed by atoms with Gasteiger partial charge in [0.15, 0.2) is 0 Å². The lowest BCUT2D eigenvalue weighted by molar-refractivity contribution is -0.122. The van der Waals surface area contributed by atoms with E-state index >= 15 is 0 Å². The highest BCUT2D eigenvalue weighted by Gasteiger charge is 2.24. The second-order valence-corrected chi connectivity index (χ2v) is 7.92. The number of carbonyl (C=O) groups excluding carboxylic acids is 1. The molecular weight excluding hydrogens is 416 g/mol. The number of carbonyl (C=O) groups is 1. The van der Waals surface area contributed by atoms with Gasteiger partial charge in [0.25, 0.3) is 0 Å². The van der Waals surface area contributed by atoms with Gasteiger partial charge in [0.2, 0.25) is 11.7 Å². The summed E-state index contributed by atoms with van der Waals surface area (Å²) < 4.78 is 5.27. The summed E-state index contributed by atoms with van der Waals surface area (Å²) >= 11 is 5.92. The summed E-state index contributed by atoms with van der Waals surface area (Å²) in [5, 5.41) is 16.0. The SMILES string of the molecule is COc1ccc(C(CNC(=O)Cn2nnc(-c3ccc(Cl)cc3)n2)N2CCCC2)cc1. The van der Waals surface area contributed by atoms with Crippen LogP contribution in [0.2, 0.25) is 5.02 Å². The topological polar surface area (TPSA) is 85.2 Å². The van der Waals surface area contributed by atoms with Crippen molar-refractivity contribution >= 4 is 17.5 Å². The van der Waals surface area contributed by atoms with Gasteiger partial charge in [-0.2, -0.15) is 4.80 Å². The number of ether oxygens (including phenoxy) is 1. The van der Waals surface area contributed by atoms with E-state index in [0.29, 0.717) is 17.4 Å². The van der Waals surface area contributed by atoms with Crippen LogP contribution in [0.25, 0.3) is 11.4 Å². The molecule has 2 aromatic carbocycles. The van der Waals surface area contributed by atoms with Gasteiger partial charge in [0.05, 0.1) is 13.2 Å². The minimum atomic E-state index is -0.155. The third-order valence-corrected chi connectivity index (χ3v) is 5.67. The molecule has 1 aliphatic rings. The maximum atomic E-state index is 12.6. The number of likely N-dealkylation sites (tertiary alicyclic amines) is 1. The van der Waals surface area contributed by atoms with Gasteiger partial charge < -0.3 is 10.1 Å². The largest absolute Gasteiger partial charge is 0.497 e. The molecule has 1 saturated heterocycles. The number of nitrogens with zero attached hydrogens (tertiary/aromatic N) is 5. The fourth-order valence-electron chi connectivity index (χ4n) is 3.76. The molecule has 1 aliphatic heterocycles. The van der Waals surface area contributed by atoms with Crippen LogP contribution in [0, 0.1) is 0 Å². The summed E-state index contributed by atoms with van der Waals surface area (Å²) in [6.45, 7) is 2.59. The van der Waals surface area contributed by atoms with Crippen LogP contribution in [0.15, 0.2) is 48.5 Å². The number of tetrazole rings is 1. The van der Waals surface area contributed by atoms with E-state index in [0.717, 1.165) is 30.0 Å². The fraction of sp³-hybridized carbons (Fsp3) is 0.364. The zero-order valence-corrected chi connectivity index (χ0v) is 18.1. The van der Waals surface area contributed by atoms with Crippen LogP contribution < -0.4 is 10.1 Å². The van der Waals surface area contributed by atoms with Gasteiger partial charge in [-0.15, -0.1) is 10.2 Å². The number of halogens is 1. The molecule has 0 saturated carbocycles. The second kappa shape index (κ2) is 9.89. The number of benzene rings is 2. The third-order valence-electron chi connectivity index (χ3n) is 5.41. The molecule has 4 rings (SSSR count). The maximum absolute atomic E-state index is 12.6. The first-order valence-corrected chi connectivity index (χ1v) is 10.7.